The lowest BCUT2D eigenvalue weighted by Crippen LogP contribution is -2.15. The molecule has 0 fully saturated rings. The van der Waals surface area contributed by atoms with Gasteiger partial charge >= 0.3 is 6.09 Å². The molecule has 0 spiro atoms. The molecule has 0 bridgehead atoms. The Bertz CT molecular complexity index is 547. The molecule has 0 saturated carbocycles. The zero-order valence-electron chi connectivity index (χ0n) is 11.0. The molecule has 0 unspecified atom stereocenters. The molecule has 1 N–H and O–H groups in total. The van der Waals surface area contributed by atoms with Crippen LogP contribution >= 0.6 is 0 Å². The van der Waals surface area contributed by atoms with Gasteiger partial charge in [0.05, 0.1) is 0 Å². The second-order valence-electron chi connectivity index (χ2n) is 4.32. The molecule has 1 aromatic carbocycles. The Balaban J connectivity index is 1.95. The molecule has 0 aliphatic heterocycles. The molecule has 19 heavy (non-hydrogen) atoms. The first-order valence-electron chi connectivity index (χ1n) is 6.05. The van der Waals surface area contributed by atoms with Crippen LogP contribution in [0.25, 0.3) is 0 Å². The van der Waals surface area contributed by atoms with E-state index in [1.807, 2.05) is 44.2 Å². The second kappa shape index (κ2) is 6.00. The molecule has 0 saturated heterocycles. The van der Waals surface area contributed by atoms with Gasteiger partial charge in [0.2, 0.25) is 0 Å². The summed E-state index contributed by atoms with van der Waals surface area (Å²) in [7, 11) is 0. The summed E-state index contributed by atoms with van der Waals surface area (Å²) < 4.78 is 5.16. The van der Waals surface area contributed by atoms with Crippen LogP contribution in [0.15, 0.2) is 42.7 Å². The lowest BCUT2D eigenvalue weighted by Gasteiger charge is -2.11. The second-order valence-corrected chi connectivity index (χ2v) is 4.32. The molecule has 4 heteroatoms. The van der Waals surface area contributed by atoms with E-state index in [9.17, 15) is 4.79 Å². The number of aromatic nitrogens is 1. The van der Waals surface area contributed by atoms with Crippen molar-refractivity contribution in [2.45, 2.75) is 20.5 Å². The number of pyridine rings is 1. The Morgan fingerprint density at radius 2 is 1.79 bits per heavy atom. The number of aryl methyl sites for hydroxylation is 2. The van der Waals surface area contributed by atoms with Gasteiger partial charge in [-0.2, -0.15) is 0 Å². The highest BCUT2D eigenvalue weighted by molar-refractivity contribution is 5.86. The third-order valence-corrected chi connectivity index (χ3v) is 2.83. The number of rotatable bonds is 3. The van der Waals surface area contributed by atoms with Gasteiger partial charge in [0.15, 0.2) is 0 Å². The number of hydrogen-bond acceptors (Lipinski definition) is 3. The molecule has 0 aliphatic carbocycles. The average molecular weight is 256 g/mol. The number of carbonyl (C=O) groups is 1. The van der Waals surface area contributed by atoms with Crippen LogP contribution in [0.2, 0.25) is 0 Å². The first kappa shape index (κ1) is 13.1. The quantitative estimate of drug-likeness (QED) is 0.915. The van der Waals surface area contributed by atoms with E-state index in [2.05, 4.69) is 10.3 Å². The highest BCUT2D eigenvalue weighted by atomic mass is 16.5. The standard InChI is InChI=1S/C15H16N2O2/c1-11-4-3-5-12(2)14(11)17-15(18)19-10-13-6-8-16-9-7-13/h3-9H,10H2,1-2H3,(H,17,18). The molecule has 1 aromatic heterocycles. The number of hydrogen-bond donors (Lipinski definition) is 1. The Kier molecular flexibility index (Phi) is 4.13. The van der Waals surface area contributed by atoms with Crippen LogP contribution in [0.3, 0.4) is 0 Å². The maximum absolute atomic E-state index is 11.7. The minimum atomic E-state index is -0.450. The van der Waals surface area contributed by atoms with Crippen LogP contribution in [0.5, 0.6) is 0 Å². The molecule has 98 valence electrons. The zero-order chi connectivity index (χ0) is 13.7. The summed E-state index contributed by atoms with van der Waals surface area (Å²) in [5.74, 6) is 0. The van der Waals surface area contributed by atoms with Crippen LogP contribution in [0.4, 0.5) is 10.5 Å². The fraction of sp³-hybridized carbons (Fsp3) is 0.200. The van der Waals surface area contributed by atoms with Crippen molar-refractivity contribution in [3.05, 3.63) is 59.4 Å². The van der Waals surface area contributed by atoms with Crippen molar-refractivity contribution in [3.8, 4) is 0 Å². The maximum Gasteiger partial charge on any atom is 0.411 e. The van der Waals surface area contributed by atoms with Gasteiger partial charge in [0.1, 0.15) is 6.61 Å². The molecule has 1 amide bonds. The number of nitrogens with one attached hydrogen (secondary N) is 1. The van der Waals surface area contributed by atoms with Crippen LogP contribution in [0, 0.1) is 13.8 Å². The minimum absolute atomic E-state index is 0.235. The molecule has 0 radical (unpaired) electrons. The number of nitrogens with zero attached hydrogens (tertiary/aromatic N) is 1. The van der Waals surface area contributed by atoms with E-state index in [1.165, 1.54) is 0 Å². The van der Waals surface area contributed by atoms with Gasteiger partial charge in [-0.1, -0.05) is 18.2 Å². The van der Waals surface area contributed by atoms with E-state index < -0.39 is 6.09 Å². The highest BCUT2D eigenvalue weighted by Gasteiger charge is 2.07. The van der Waals surface area contributed by atoms with E-state index in [0.717, 1.165) is 22.4 Å². The molecule has 0 aliphatic rings. The molecule has 2 rings (SSSR count). The fourth-order valence-electron chi connectivity index (χ4n) is 1.78. The average Bonchev–Trinajstić information content (AvgIpc) is 2.42. The predicted octanol–water partition coefficient (Wildman–Crippen LogP) is 3.45. The minimum Gasteiger partial charge on any atom is -0.444 e. The lowest BCUT2D eigenvalue weighted by molar-refractivity contribution is 0.155. The molecule has 1 heterocycles. The highest BCUT2D eigenvalue weighted by Crippen LogP contribution is 2.19. The van der Waals surface area contributed by atoms with Crippen LogP contribution in [0.1, 0.15) is 16.7 Å². The van der Waals surface area contributed by atoms with Gasteiger partial charge in [-0.15, -0.1) is 0 Å². The fourth-order valence-corrected chi connectivity index (χ4v) is 1.78. The third-order valence-electron chi connectivity index (χ3n) is 2.83. The number of ether oxygens (including phenoxy) is 1. The summed E-state index contributed by atoms with van der Waals surface area (Å²) in [6.45, 7) is 4.14. The van der Waals surface area contributed by atoms with Crippen molar-refractivity contribution in [1.29, 1.82) is 0 Å². The number of para-hydroxylation sites is 1. The molecule has 4 nitrogen and oxygen atoms in total. The van der Waals surface area contributed by atoms with Gasteiger partial charge in [-0.25, -0.2) is 4.79 Å². The smallest absolute Gasteiger partial charge is 0.411 e. The van der Waals surface area contributed by atoms with Gasteiger partial charge in [0, 0.05) is 18.1 Å². The number of carbonyl (C=O) groups excluding carboxylic acids is 1. The topological polar surface area (TPSA) is 51.2 Å². The maximum atomic E-state index is 11.7. The lowest BCUT2D eigenvalue weighted by atomic mass is 10.1. The van der Waals surface area contributed by atoms with Crippen LogP contribution in [-0.4, -0.2) is 11.1 Å². The van der Waals surface area contributed by atoms with E-state index in [-0.39, 0.29) is 6.61 Å². The molecular formula is C15H16N2O2. The molecule has 0 atom stereocenters. The predicted molar refractivity (Wildman–Crippen MR) is 74.0 cm³/mol. The third kappa shape index (κ3) is 3.55. The Hall–Kier alpha value is -2.36. The molecule has 2 aromatic rings. The summed E-state index contributed by atoms with van der Waals surface area (Å²) >= 11 is 0. The van der Waals surface area contributed by atoms with Crippen molar-refractivity contribution >= 4 is 11.8 Å². The van der Waals surface area contributed by atoms with E-state index in [1.54, 1.807) is 12.4 Å². The Labute approximate surface area is 112 Å². The monoisotopic (exact) mass is 256 g/mol. The summed E-state index contributed by atoms with van der Waals surface area (Å²) in [4.78, 5) is 15.6. The molecular weight excluding hydrogens is 240 g/mol. The van der Waals surface area contributed by atoms with Crippen LogP contribution in [-0.2, 0) is 11.3 Å². The van der Waals surface area contributed by atoms with Crippen molar-refractivity contribution in [2.75, 3.05) is 5.32 Å². The van der Waals surface area contributed by atoms with Gasteiger partial charge in [-0.05, 0) is 42.7 Å². The number of amides is 1. The van der Waals surface area contributed by atoms with E-state index in [4.69, 9.17) is 4.74 Å². The van der Waals surface area contributed by atoms with E-state index in [0.29, 0.717) is 0 Å². The number of benzene rings is 1. The van der Waals surface area contributed by atoms with E-state index >= 15 is 0 Å². The van der Waals surface area contributed by atoms with Crippen molar-refractivity contribution in [1.82, 2.24) is 4.98 Å². The van der Waals surface area contributed by atoms with Crippen LogP contribution < -0.4 is 5.32 Å². The normalized spacial score (nSPS) is 10.0. The van der Waals surface area contributed by atoms with Crippen molar-refractivity contribution in [2.24, 2.45) is 0 Å². The summed E-state index contributed by atoms with van der Waals surface area (Å²) in [6, 6.07) is 9.48. The summed E-state index contributed by atoms with van der Waals surface area (Å²) in [5.41, 5.74) is 3.75. The Morgan fingerprint density at radius 1 is 1.16 bits per heavy atom. The van der Waals surface area contributed by atoms with Crippen molar-refractivity contribution < 1.29 is 9.53 Å². The summed E-state index contributed by atoms with van der Waals surface area (Å²) in [6.07, 6.45) is 2.89. The zero-order valence-corrected chi connectivity index (χ0v) is 11.0. The first-order valence-corrected chi connectivity index (χ1v) is 6.05. The van der Waals surface area contributed by atoms with Gasteiger partial charge < -0.3 is 4.74 Å². The number of anilines is 1. The first-order chi connectivity index (χ1) is 9.16. The van der Waals surface area contributed by atoms with Crippen molar-refractivity contribution in [3.63, 3.8) is 0 Å². The largest absolute Gasteiger partial charge is 0.444 e. The summed E-state index contributed by atoms with van der Waals surface area (Å²) in [5, 5.41) is 2.77. The van der Waals surface area contributed by atoms with Gasteiger partial charge in [0.25, 0.3) is 0 Å². The Morgan fingerprint density at radius 3 is 2.42 bits per heavy atom. The SMILES string of the molecule is Cc1cccc(C)c1NC(=O)OCc1ccncc1. The van der Waals surface area contributed by atoms with Gasteiger partial charge in [-0.3, -0.25) is 10.3 Å².